The van der Waals surface area contributed by atoms with E-state index in [1.807, 2.05) is 19.0 Å². The van der Waals surface area contributed by atoms with E-state index in [2.05, 4.69) is 10.6 Å². The van der Waals surface area contributed by atoms with E-state index in [4.69, 9.17) is 11.6 Å². The van der Waals surface area contributed by atoms with E-state index >= 15 is 0 Å². The number of hydrogen-bond acceptors (Lipinski definition) is 3. The molecule has 0 spiro atoms. The Labute approximate surface area is 141 Å². The van der Waals surface area contributed by atoms with Crippen molar-refractivity contribution >= 4 is 34.9 Å². The quantitative estimate of drug-likeness (QED) is 0.886. The molecule has 1 saturated heterocycles. The van der Waals surface area contributed by atoms with Crippen molar-refractivity contribution in [3.63, 3.8) is 0 Å². The minimum absolute atomic E-state index is 0.00367. The number of piperidine rings is 1. The van der Waals surface area contributed by atoms with Gasteiger partial charge in [0, 0.05) is 27.2 Å². The Hall–Kier alpha value is -1.95. The molecule has 23 heavy (non-hydrogen) atoms. The molecule has 126 valence electrons. The molecule has 1 aromatic carbocycles. The molecule has 1 aliphatic heterocycles. The van der Waals surface area contributed by atoms with Crippen LogP contribution in [-0.2, 0) is 4.79 Å². The molecule has 1 heterocycles. The number of nitrogens with zero attached hydrogens (tertiary/aromatic N) is 2. The van der Waals surface area contributed by atoms with Crippen LogP contribution in [0.5, 0.6) is 0 Å². The van der Waals surface area contributed by atoms with Gasteiger partial charge in [-0.2, -0.15) is 0 Å². The highest BCUT2D eigenvalue weighted by Gasteiger charge is 2.17. The van der Waals surface area contributed by atoms with Crippen LogP contribution in [0.25, 0.3) is 0 Å². The maximum Gasteiger partial charge on any atom is 0.319 e. The normalized spacial score (nSPS) is 14.3. The van der Waals surface area contributed by atoms with Gasteiger partial charge in [-0.25, -0.2) is 4.79 Å². The predicted molar refractivity (Wildman–Crippen MR) is 93.2 cm³/mol. The Morgan fingerprint density at radius 2 is 1.91 bits per heavy atom. The summed E-state index contributed by atoms with van der Waals surface area (Å²) >= 11 is 6.16. The first-order valence-corrected chi connectivity index (χ1v) is 8.15. The Bertz CT molecular complexity index is 571. The van der Waals surface area contributed by atoms with Gasteiger partial charge in [0.25, 0.3) is 0 Å². The maximum atomic E-state index is 12.0. The fraction of sp³-hybridized carbons (Fsp3) is 0.500. The fourth-order valence-corrected chi connectivity index (χ4v) is 2.99. The van der Waals surface area contributed by atoms with Gasteiger partial charge >= 0.3 is 6.03 Å². The van der Waals surface area contributed by atoms with Crippen LogP contribution in [0.3, 0.4) is 0 Å². The number of halogens is 1. The number of anilines is 2. The van der Waals surface area contributed by atoms with Crippen molar-refractivity contribution in [3.8, 4) is 0 Å². The summed E-state index contributed by atoms with van der Waals surface area (Å²) in [6.07, 6.45) is 3.24. The van der Waals surface area contributed by atoms with Crippen molar-refractivity contribution in [2.45, 2.75) is 19.3 Å². The Kier molecular flexibility index (Phi) is 6.10. The molecule has 0 radical (unpaired) electrons. The molecule has 0 aliphatic carbocycles. The highest BCUT2D eigenvalue weighted by atomic mass is 35.5. The van der Waals surface area contributed by atoms with Crippen LogP contribution in [0.4, 0.5) is 16.2 Å². The third-order valence-corrected chi connectivity index (χ3v) is 4.10. The summed E-state index contributed by atoms with van der Waals surface area (Å²) in [5.74, 6) is -0.0428. The molecule has 0 bridgehead atoms. The van der Waals surface area contributed by atoms with Crippen molar-refractivity contribution in [2.75, 3.05) is 43.9 Å². The van der Waals surface area contributed by atoms with E-state index < -0.39 is 6.03 Å². The zero-order chi connectivity index (χ0) is 16.8. The van der Waals surface area contributed by atoms with Gasteiger partial charge in [0.1, 0.15) is 0 Å². The average molecular weight is 339 g/mol. The molecule has 1 aromatic rings. The first-order chi connectivity index (χ1) is 11.0. The topological polar surface area (TPSA) is 64.7 Å². The van der Waals surface area contributed by atoms with E-state index in [1.165, 1.54) is 6.42 Å². The lowest BCUT2D eigenvalue weighted by atomic mass is 10.1. The second kappa shape index (κ2) is 8.06. The summed E-state index contributed by atoms with van der Waals surface area (Å²) in [4.78, 5) is 27.7. The van der Waals surface area contributed by atoms with Gasteiger partial charge < -0.3 is 20.4 Å². The molecule has 1 fully saturated rings. The predicted octanol–water partition coefficient (Wildman–Crippen LogP) is 2.54. The standard InChI is InChI=1S/C16H23ClN4O2/c1-20(2)15-12(17)7-6-8-13(15)19-16(23)18-11-14(22)21-9-4-3-5-10-21/h6-8H,3-5,9-11H2,1-2H3,(H2,18,19,23). The van der Waals surface area contributed by atoms with Crippen LogP contribution < -0.4 is 15.5 Å². The van der Waals surface area contributed by atoms with E-state index in [-0.39, 0.29) is 12.5 Å². The molecular weight excluding hydrogens is 316 g/mol. The molecular formula is C16H23ClN4O2. The van der Waals surface area contributed by atoms with Gasteiger partial charge in [-0.1, -0.05) is 17.7 Å². The molecule has 6 nitrogen and oxygen atoms in total. The van der Waals surface area contributed by atoms with Crippen molar-refractivity contribution in [3.05, 3.63) is 23.2 Å². The van der Waals surface area contributed by atoms with Crippen LogP contribution in [0, 0.1) is 0 Å². The van der Waals surface area contributed by atoms with Crippen LogP contribution >= 0.6 is 11.6 Å². The smallest absolute Gasteiger partial charge is 0.319 e. The molecule has 3 amide bonds. The van der Waals surface area contributed by atoms with Crippen LogP contribution in [0.2, 0.25) is 5.02 Å². The number of hydrogen-bond donors (Lipinski definition) is 2. The van der Waals surface area contributed by atoms with Gasteiger partial charge in [-0.3, -0.25) is 4.79 Å². The van der Waals surface area contributed by atoms with Crippen molar-refractivity contribution in [2.24, 2.45) is 0 Å². The Morgan fingerprint density at radius 3 is 2.57 bits per heavy atom. The number of para-hydroxylation sites is 1. The third-order valence-electron chi connectivity index (χ3n) is 3.79. The van der Waals surface area contributed by atoms with Gasteiger partial charge in [0.2, 0.25) is 5.91 Å². The van der Waals surface area contributed by atoms with Crippen molar-refractivity contribution in [1.82, 2.24) is 10.2 Å². The zero-order valence-electron chi connectivity index (χ0n) is 13.6. The van der Waals surface area contributed by atoms with Crippen molar-refractivity contribution < 1.29 is 9.59 Å². The molecule has 2 rings (SSSR count). The summed E-state index contributed by atoms with van der Waals surface area (Å²) < 4.78 is 0. The largest absolute Gasteiger partial charge is 0.375 e. The molecule has 0 aromatic heterocycles. The highest BCUT2D eigenvalue weighted by Crippen LogP contribution is 2.32. The van der Waals surface area contributed by atoms with Gasteiger partial charge in [0.15, 0.2) is 0 Å². The minimum atomic E-state index is -0.416. The summed E-state index contributed by atoms with van der Waals surface area (Å²) in [5, 5.41) is 5.91. The van der Waals surface area contributed by atoms with E-state index in [1.54, 1.807) is 23.1 Å². The lowest BCUT2D eigenvalue weighted by Crippen LogP contribution is -2.43. The Balaban J connectivity index is 1.90. The monoisotopic (exact) mass is 338 g/mol. The summed E-state index contributed by atoms with van der Waals surface area (Å²) in [5.41, 5.74) is 1.33. The Morgan fingerprint density at radius 1 is 1.22 bits per heavy atom. The molecule has 0 saturated carbocycles. The van der Waals surface area contributed by atoms with Crippen LogP contribution in [0.1, 0.15) is 19.3 Å². The maximum absolute atomic E-state index is 12.0. The number of amides is 3. The minimum Gasteiger partial charge on any atom is -0.375 e. The number of carbonyl (C=O) groups excluding carboxylic acids is 2. The second-order valence-corrected chi connectivity index (χ2v) is 6.19. The third kappa shape index (κ3) is 4.76. The van der Waals surface area contributed by atoms with E-state index in [9.17, 15) is 9.59 Å². The average Bonchev–Trinajstić information content (AvgIpc) is 2.53. The van der Waals surface area contributed by atoms with Crippen LogP contribution in [-0.4, -0.2) is 50.6 Å². The summed E-state index contributed by atoms with van der Waals surface area (Å²) in [7, 11) is 3.70. The van der Waals surface area contributed by atoms with Gasteiger partial charge in [-0.15, -0.1) is 0 Å². The van der Waals surface area contributed by atoms with Gasteiger partial charge in [0.05, 0.1) is 22.9 Å². The number of benzene rings is 1. The summed E-state index contributed by atoms with van der Waals surface area (Å²) in [6.45, 7) is 1.56. The number of rotatable bonds is 4. The molecule has 0 unspecified atom stereocenters. The van der Waals surface area contributed by atoms with E-state index in [0.29, 0.717) is 10.7 Å². The zero-order valence-corrected chi connectivity index (χ0v) is 14.3. The first kappa shape index (κ1) is 17.4. The first-order valence-electron chi connectivity index (χ1n) is 7.77. The number of carbonyl (C=O) groups is 2. The lowest BCUT2D eigenvalue weighted by molar-refractivity contribution is -0.130. The fourth-order valence-electron chi connectivity index (χ4n) is 2.65. The van der Waals surface area contributed by atoms with Gasteiger partial charge in [-0.05, 0) is 31.4 Å². The lowest BCUT2D eigenvalue weighted by Gasteiger charge is -2.26. The molecule has 7 heteroatoms. The molecule has 2 N–H and O–H groups in total. The molecule has 1 aliphatic rings. The number of nitrogens with one attached hydrogen (secondary N) is 2. The number of likely N-dealkylation sites (tertiary alicyclic amines) is 1. The highest BCUT2D eigenvalue weighted by molar-refractivity contribution is 6.34. The SMILES string of the molecule is CN(C)c1c(Cl)cccc1NC(=O)NCC(=O)N1CCCCC1. The van der Waals surface area contributed by atoms with E-state index in [0.717, 1.165) is 31.6 Å². The number of urea groups is 1. The van der Waals surface area contributed by atoms with Crippen molar-refractivity contribution in [1.29, 1.82) is 0 Å². The second-order valence-electron chi connectivity index (χ2n) is 5.78. The van der Waals surface area contributed by atoms with Crippen LogP contribution in [0.15, 0.2) is 18.2 Å². The molecule has 0 atom stereocenters. The summed E-state index contributed by atoms with van der Waals surface area (Å²) in [6, 6.07) is 4.89.